The summed E-state index contributed by atoms with van der Waals surface area (Å²) < 4.78 is 0. The quantitative estimate of drug-likeness (QED) is 0.531. The molecule has 3 heterocycles. The molecule has 1 aliphatic rings. The summed E-state index contributed by atoms with van der Waals surface area (Å²) in [6, 6.07) is 3.83. The predicted octanol–water partition coefficient (Wildman–Crippen LogP) is 1.22. The van der Waals surface area contributed by atoms with Crippen LogP contribution in [0.2, 0.25) is 0 Å². The van der Waals surface area contributed by atoms with E-state index in [4.69, 9.17) is 12.2 Å². The fourth-order valence-corrected chi connectivity index (χ4v) is 2.18. The molecule has 2 aromatic heterocycles. The van der Waals surface area contributed by atoms with Crippen molar-refractivity contribution in [1.29, 1.82) is 0 Å². The molecule has 3 rings (SSSR count). The minimum Gasteiger partial charge on any atom is -0.343 e. The molecule has 0 saturated carbocycles. The zero-order valence-corrected chi connectivity index (χ0v) is 10.4. The third-order valence-corrected chi connectivity index (χ3v) is 3.02. The monoisotopic (exact) mass is 258 g/mol. The number of aromatic nitrogens is 2. The van der Waals surface area contributed by atoms with Gasteiger partial charge in [-0.1, -0.05) is 0 Å². The van der Waals surface area contributed by atoms with Crippen molar-refractivity contribution in [3.05, 3.63) is 35.3 Å². The smallest absolute Gasteiger partial charge is 0.273 e. The number of nitrogens with one attached hydrogen (secondary N) is 3. The Kier molecular flexibility index (Phi) is 2.38. The molecular formula is C12H10N4OS. The van der Waals surface area contributed by atoms with Crippen molar-refractivity contribution in [1.82, 2.24) is 20.6 Å². The number of carbonyl (C=O) groups is 1. The standard InChI is InChI=1S/C12H10N4OS/c1-6-8(5-9-11(17)16-12(18)15-9)7-3-2-4-13-10(7)14-6/h2-5H,1H3,(H,13,14)(H2,15,16,17,18)/b9-5-. The fourth-order valence-electron chi connectivity index (χ4n) is 1.98. The number of hydrogen-bond acceptors (Lipinski definition) is 3. The van der Waals surface area contributed by atoms with Gasteiger partial charge in [0.05, 0.1) is 0 Å². The number of nitrogens with zero attached hydrogens (tertiary/aromatic N) is 1. The second-order valence-electron chi connectivity index (χ2n) is 4.03. The van der Waals surface area contributed by atoms with E-state index < -0.39 is 0 Å². The van der Waals surface area contributed by atoms with E-state index in [0.29, 0.717) is 10.8 Å². The molecule has 3 N–H and O–H groups in total. The number of fused-ring (bicyclic) bond motifs is 1. The van der Waals surface area contributed by atoms with Gasteiger partial charge in [0.15, 0.2) is 5.11 Å². The number of carbonyl (C=O) groups excluding carboxylic acids is 1. The highest BCUT2D eigenvalue weighted by atomic mass is 32.1. The third kappa shape index (κ3) is 1.67. The van der Waals surface area contributed by atoms with Crippen molar-refractivity contribution in [3.63, 3.8) is 0 Å². The Morgan fingerprint density at radius 3 is 2.94 bits per heavy atom. The summed E-state index contributed by atoms with van der Waals surface area (Å²) in [7, 11) is 0. The predicted molar refractivity (Wildman–Crippen MR) is 72.7 cm³/mol. The number of amides is 1. The lowest BCUT2D eigenvalue weighted by atomic mass is 10.1. The molecule has 0 radical (unpaired) electrons. The number of thiocarbonyl (C=S) groups is 1. The Bertz CT molecular complexity index is 701. The van der Waals surface area contributed by atoms with Crippen LogP contribution >= 0.6 is 12.2 Å². The van der Waals surface area contributed by atoms with Crippen molar-refractivity contribution in [2.45, 2.75) is 6.92 Å². The number of H-pyrrole nitrogens is 1. The molecule has 1 amide bonds. The van der Waals surface area contributed by atoms with Crippen molar-refractivity contribution in [3.8, 4) is 0 Å². The zero-order chi connectivity index (χ0) is 12.7. The lowest BCUT2D eigenvalue weighted by Crippen LogP contribution is -2.21. The molecule has 0 aliphatic carbocycles. The second kappa shape index (κ2) is 3.92. The van der Waals surface area contributed by atoms with Crippen LogP contribution in [-0.2, 0) is 4.79 Å². The molecule has 1 aliphatic heterocycles. The molecule has 1 saturated heterocycles. The second-order valence-corrected chi connectivity index (χ2v) is 4.44. The molecule has 18 heavy (non-hydrogen) atoms. The number of rotatable bonds is 1. The van der Waals surface area contributed by atoms with Gasteiger partial charge >= 0.3 is 0 Å². The van der Waals surface area contributed by atoms with E-state index >= 15 is 0 Å². The molecule has 2 aromatic rings. The topological polar surface area (TPSA) is 69.8 Å². The maximum atomic E-state index is 11.6. The van der Waals surface area contributed by atoms with Gasteiger partial charge in [0.1, 0.15) is 11.3 Å². The Labute approximate surface area is 108 Å². The highest BCUT2D eigenvalue weighted by molar-refractivity contribution is 7.80. The Hall–Kier alpha value is -2.21. The summed E-state index contributed by atoms with van der Waals surface area (Å²) >= 11 is 4.89. The van der Waals surface area contributed by atoms with E-state index in [-0.39, 0.29) is 5.91 Å². The van der Waals surface area contributed by atoms with E-state index in [2.05, 4.69) is 20.6 Å². The van der Waals surface area contributed by atoms with E-state index in [0.717, 1.165) is 22.3 Å². The number of aryl methyl sites for hydroxylation is 1. The SMILES string of the molecule is Cc1[nH]c2ncccc2c1/C=C1\NC(=S)NC1=O. The van der Waals surface area contributed by atoms with Crippen LogP contribution in [-0.4, -0.2) is 21.0 Å². The molecule has 0 aromatic carbocycles. The first-order valence-electron chi connectivity index (χ1n) is 5.42. The lowest BCUT2D eigenvalue weighted by molar-refractivity contribution is -0.115. The largest absolute Gasteiger partial charge is 0.343 e. The first-order chi connectivity index (χ1) is 8.65. The Morgan fingerprint density at radius 1 is 1.39 bits per heavy atom. The summed E-state index contributed by atoms with van der Waals surface area (Å²) in [6.45, 7) is 1.94. The lowest BCUT2D eigenvalue weighted by Gasteiger charge is -1.96. The number of aromatic amines is 1. The van der Waals surface area contributed by atoms with Gasteiger partial charge in [0, 0.05) is 22.8 Å². The van der Waals surface area contributed by atoms with Gasteiger partial charge in [0.2, 0.25) is 0 Å². The molecular weight excluding hydrogens is 248 g/mol. The van der Waals surface area contributed by atoms with Crippen LogP contribution in [0.1, 0.15) is 11.3 Å². The van der Waals surface area contributed by atoms with Gasteiger partial charge in [-0.25, -0.2) is 4.98 Å². The van der Waals surface area contributed by atoms with E-state index in [1.165, 1.54) is 0 Å². The third-order valence-electron chi connectivity index (χ3n) is 2.82. The number of pyridine rings is 1. The fraction of sp³-hybridized carbons (Fsp3) is 0.0833. The van der Waals surface area contributed by atoms with Gasteiger partial charge in [-0.3, -0.25) is 10.1 Å². The minimum absolute atomic E-state index is 0.211. The van der Waals surface area contributed by atoms with Crippen LogP contribution in [0.4, 0.5) is 0 Å². The van der Waals surface area contributed by atoms with Crippen molar-refractivity contribution < 1.29 is 4.79 Å². The molecule has 0 bridgehead atoms. The van der Waals surface area contributed by atoms with Crippen LogP contribution in [0.3, 0.4) is 0 Å². The molecule has 6 heteroatoms. The Morgan fingerprint density at radius 2 is 2.22 bits per heavy atom. The minimum atomic E-state index is -0.211. The normalized spacial score (nSPS) is 17.3. The molecule has 5 nitrogen and oxygen atoms in total. The van der Waals surface area contributed by atoms with Crippen molar-refractivity contribution in [2.75, 3.05) is 0 Å². The van der Waals surface area contributed by atoms with Crippen LogP contribution in [0.15, 0.2) is 24.0 Å². The van der Waals surface area contributed by atoms with Gasteiger partial charge in [0.25, 0.3) is 5.91 Å². The van der Waals surface area contributed by atoms with Gasteiger partial charge in [-0.15, -0.1) is 0 Å². The first kappa shape index (κ1) is 10.9. The average molecular weight is 258 g/mol. The molecule has 1 fully saturated rings. The van der Waals surface area contributed by atoms with Crippen molar-refractivity contribution >= 4 is 40.3 Å². The van der Waals surface area contributed by atoms with Crippen LogP contribution in [0, 0.1) is 6.92 Å². The summed E-state index contributed by atoms with van der Waals surface area (Å²) in [5, 5.41) is 6.68. The molecule has 0 unspecified atom stereocenters. The first-order valence-corrected chi connectivity index (χ1v) is 5.83. The van der Waals surface area contributed by atoms with Gasteiger partial charge in [-0.2, -0.15) is 0 Å². The van der Waals surface area contributed by atoms with E-state index in [1.807, 2.05) is 19.1 Å². The Balaban J connectivity index is 2.15. The summed E-state index contributed by atoms with van der Waals surface area (Å²) in [5.74, 6) is -0.211. The molecule has 0 atom stereocenters. The average Bonchev–Trinajstić information content (AvgIpc) is 2.81. The van der Waals surface area contributed by atoms with E-state index in [9.17, 15) is 4.79 Å². The van der Waals surface area contributed by atoms with Gasteiger partial charge < -0.3 is 10.3 Å². The summed E-state index contributed by atoms with van der Waals surface area (Å²) in [4.78, 5) is 19.0. The van der Waals surface area contributed by atoms with Crippen LogP contribution in [0.5, 0.6) is 0 Å². The van der Waals surface area contributed by atoms with Crippen LogP contribution in [0.25, 0.3) is 17.1 Å². The zero-order valence-electron chi connectivity index (χ0n) is 9.57. The highest BCUT2D eigenvalue weighted by Gasteiger charge is 2.21. The maximum absolute atomic E-state index is 11.6. The maximum Gasteiger partial charge on any atom is 0.273 e. The molecule has 90 valence electrons. The van der Waals surface area contributed by atoms with Crippen LogP contribution < -0.4 is 10.6 Å². The molecule has 0 spiro atoms. The van der Waals surface area contributed by atoms with Crippen molar-refractivity contribution in [2.24, 2.45) is 0 Å². The van der Waals surface area contributed by atoms with E-state index in [1.54, 1.807) is 12.3 Å². The van der Waals surface area contributed by atoms with Gasteiger partial charge in [-0.05, 0) is 37.4 Å². The number of hydrogen-bond donors (Lipinski definition) is 3. The summed E-state index contributed by atoms with van der Waals surface area (Å²) in [6.07, 6.45) is 3.51. The highest BCUT2D eigenvalue weighted by Crippen LogP contribution is 2.22. The summed E-state index contributed by atoms with van der Waals surface area (Å²) in [5.41, 5.74) is 3.17.